The van der Waals surface area contributed by atoms with Gasteiger partial charge in [-0.05, 0) is 43.7 Å². The normalized spacial score (nSPS) is 10.8. The van der Waals surface area contributed by atoms with Gasteiger partial charge in [0.1, 0.15) is 0 Å². The summed E-state index contributed by atoms with van der Waals surface area (Å²) in [6, 6.07) is 16.5. The lowest BCUT2D eigenvalue weighted by Gasteiger charge is -2.10. The third-order valence-electron chi connectivity index (χ3n) is 4.70. The molecule has 2 aromatic heterocycles. The Hall–Kier alpha value is -3.52. The predicted molar refractivity (Wildman–Crippen MR) is 120 cm³/mol. The van der Waals surface area contributed by atoms with E-state index in [0.29, 0.717) is 22.5 Å². The summed E-state index contributed by atoms with van der Waals surface area (Å²) in [5.41, 5.74) is 3.90. The fourth-order valence-corrected chi connectivity index (χ4v) is 3.65. The second kappa shape index (κ2) is 8.69. The lowest BCUT2D eigenvalue weighted by atomic mass is 10.1. The van der Waals surface area contributed by atoms with Crippen molar-refractivity contribution in [2.45, 2.75) is 13.8 Å². The second-order valence-corrected chi connectivity index (χ2v) is 7.87. The van der Waals surface area contributed by atoms with Crippen molar-refractivity contribution in [1.82, 2.24) is 10.1 Å². The number of nitrogens with one attached hydrogen (secondary N) is 1. The molecular formula is C23H18BrN3O4. The minimum Gasteiger partial charge on any atom is -0.452 e. The molecule has 2 aromatic carbocycles. The van der Waals surface area contributed by atoms with Gasteiger partial charge in [-0.25, -0.2) is 9.78 Å². The van der Waals surface area contributed by atoms with Crippen LogP contribution in [0.25, 0.3) is 22.4 Å². The Morgan fingerprint density at radius 1 is 1.10 bits per heavy atom. The maximum absolute atomic E-state index is 12.9. The first-order valence-electron chi connectivity index (χ1n) is 9.48. The van der Waals surface area contributed by atoms with Gasteiger partial charge in [0.2, 0.25) is 0 Å². The molecule has 0 radical (unpaired) electrons. The molecule has 2 heterocycles. The molecule has 8 heteroatoms. The Morgan fingerprint density at radius 2 is 1.87 bits per heavy atom. The first-order chi connectivity index (χ1) is 14.9. The highest BCUT2D eigenvalue weighted by molar-refractivity contribution is 9.10. The van der Waals surface area contributed by atoms with Crippen molar-refractivity contribution < 1.29 is 18.8 Å². The number of fused-ring (bicyclic) bond motifs is 1. The van der Waals surface area contributed by atoms with Gasteiger partial charge in [-0.3, -0.25) is 4.79 Å². The highest BCUT2D eigenvalue weighted by atomic mass is 79.9. The predicted octanol–water partition coefficient (Wildman–Crippen LogP) is 5.06. The summed E-state index contributed by atoms with van der Waals surface area (Å²) >= 11 is 3.38. The molecule has 0 unspecified atom stereocenters. The van der Waals surface area contributed by atoms with E-state index < -0.39 is 18.5 Å². The summed E-state index contributed by atoms with van der Waals surface area (Å²) in [5, 5.41) is 7.12. The number of hydrogen-bond acceptors (Lipinski definition) is 6. The molecular weight excluding hydrogens is 462 g/mol. The molecule has 7 nitrogen and oxygen atoms in total. The number of hydrogen-bond donors (Lipinski definition) is 1. The van der Waals surface area contributed by atoms with Crippen LogP contribution in [0.1, 0.15) is 21.6 Å². The zero-order valence-electron chi connectivity index (χ0n) is 16.8. The number of amides is 1. The minimum atomic E-state index is -0.654. The van der Waals surface area contributed by atoms with Crippen LogP contribution in [0.3, 0.4) is 0 Å². The number of aromatic nitrogens is 2. The van der Waals surface area contributed by atoms with Gasteiger partial charge >= 0.3 is 5.97 Å². The van der Waals surface area contributed by atoms with Crippen LogP contribution >= 0.6 is 15.9 Å². The van der Waals surface area contributed by atoms with E-state index in [1.54, 1.807) is 19.1 Å². The van der Waals surface area contributed by atoms with Crippen LogP contribution in [0.5, 0.6) is 0 Å². The number of aryl methyl sites for hydroxylation is 2. The van der Waals surface area contributed by atoms with Gasteiger partial charge < -0.3 is 14.6 Å². The molecule has 31 heavy (non-hydrogen) atoms. The maximum Gasteiger partial charge on any atom is 0.339 e. The van der Waals surface area contributed by atoms with E-state index in [1.807, 2.05) is 49.4 Å². The average molecular weight is 480 g/mol. The van der Waals surface area contributed by atoms with Gasteiger partial charge in [-0.2, -0.15) is 0 Å². The second-order valence-electron chi connectivity index (χ2n) is 6.95. The van der Waals surface area contributed by atoms with Crippen molar-refractivity contribution in [3.05, 3.63) is 75.9 Å². The molecule has 4 aromatic rings. The summed E-state index contributed by atoms with van der Waals surface area (Å²) in [6.07, 6.45) is 0. The molecule has 156 valence electrons. The number of benzene rings is 2. The molecule has 1 N–H and O–H groups in total. The Morgan fingerprint density at radius 3 is 2.61 bits per heavy atom. The van der Waals surface area contributed by atoms with Crippen molar-refractivity contribution in [2.75, 3.05) is 11.9 Å². The van der Waals surface area contributed by atoms with Crippen molar-refractivity contribution in [3.63, 3.8) is 0 Å². The minimum absolute atomic E-state index is 0.237. The van der Waals surface area contributed by atoms with E-state index in [4.69, 9.17) is 9.26 Å². The largest absolute Gasteiger partial charge is 0.452 e. The molecule has 0 aliphatic heterocycles. The SMILES string of the molecule is Cc1cc(Br)ccc1NC(=O)COC(=O)c1cc(-c2ccccc2)nc2onc(C)c12. The maximum atomic E-state index is 12.9. The first kappa shape index (κ1) is 20.7. The Bertz CT molecular complexity index is 1280. The van der Waals surface area contributed by atoms with Gasteiger partial charge in [0.25, 0.3) is 11.6 Å². The van der Waals surface area contributed by atoms with Crippen LogP contribution < -0.4 is 5.32 Å². The molecule has 0 saturated heterocycles. The van der Waals surface area contributed by atoms with Crippen molar-refractivity contribution >= 4 is 44.6 Å². The van der Waals surface area contributed by atoms with Crippen LogP contribution in [0.4, 0.5) is 5.69 Å². The molecule has 0 spiro atoms. The summed E-state index contributed by atoms with van der Waals surface area (Å²) in [5.74, 6) is -1.09. The molecule has 0 aliphatic rings. The van der Waals surface area contributed by atoms with Crippen LogP contribution in [0.15, 0.2) is 63.6 Å². The van der Waals surface area contributed by atoms with E-state index >= 15 is 0 Å². The summed E-state index contributed by atoms with van der Waals surface area (Å²) in [4.78, 5) is 29.6. The molecule has 0 aliphatic carbocycles. The Balaban J connectivity index is 1.55. The van der Waals surface area contributed by atoms with Crippen molar-refractivity contribution in [3.8, 4) is 11.3 Å². The number of nitrogens with zero attached hydrogens (tertiary/aromatic N) is 2. The van der Waals surface area contributed by atoms with Gasteiger partial charge in [0.05, 0.1) is 22.3 Å². The standard InChI is InChI=1S/C23H18BrN3O4/c1-13-10-16(24)8-9-18(13)25-20(28)12-30-23(29)17-11-19(15-6-4-3-5-7-15)26-22-21(17)14(2)27-31-22/h3-11H,12H2,1-2H3,(H,25,28). The zero-order chi connectivity index (χ0) is 22.0. The molecule has 0 atom stereocenters. The van der Waals surface area contributed by atoms with Crippen molar-refractivity contribution in [2.24, 2.45) is 0 Å². The number of ether oxygens (including phenoxy) is 1. The molecule has 4 rings (SSSR count). The number of carbonyl (C=O) groups is 2. The van der Waals surface area contributed by atoms with Crippen molar-refractivity contribution in [1.29, 1.82) is 0 Å². The molecule has 0 saturated carbocycles. The van der Waals surface area contributed by atoms with E-state index in [0.717, 1.165) is 15.6 Å². The van der Waals surface area contributed by atoms with Gasteiger partial charge in [-0.1, -0.05) is 51.4 Å². The number of anilines is 1. The van der Waals surface area contributed by atoms with E-state index in [1.165, 1.54) is 0 Å². The third-order valence-corrected chi connectivity index (χ3v) is 5.20. The smallest absolute Gasteiger partial charge is 0.339 e. The monoisotopic (exact) mass is 479 g/mol. The molecule has 0 fully saturated rings. The van der Waals surface area contributed by atoms with E-state index in [2.05, 4.69) is 31.4 Å². The van der Waals surface area contributed by atoms with Gasteiger partial charge in [-0.15, -0.1) is 0 Å². The number of halogens is 1. The van der Waals surface area contributed by atoms with E-state index in [9.17, 15) is 9.59 Å². The highest BCUT2D eigenvalue weighted by Gasteiger charge is 2.21. The molecule has 0 bridgehead atoms. The topological polar surface area (TPSA) is 94.3 Å². The quantitative estimate of drug-likeness (QED) is 0.401. The fraction of sp³-hybridized carbons (Fsp3) is 0.130. The zero-order valence-corrected chi connectivity index (χ0v) is 18.4. The summed E-state index contributed by atoms with van der Waals surface area (Å²) in [7, 11) is 0. The summed E-state index contributed by atoms with van der Waals surface area (Å²) in [6.45, 7) is 3.17. The Kier molecular flexibility index (Phi) is 5.81. The lowest BCUT2D eigenvalue weighted by molar-refractivity contribution is -0.119. The van der Waals surface area contributed by atoms with Gasteiger partial charge in [0.15, 0.2) is 6.61 Å². The average Bonchev–Trinajstić information content (AvgIpc) is 3.15. The molecule has 1 amide bonds. The fourth-order valence-electron chi connectivity index (χ4n) is 3.17. The summed E-state index contributed by atoms with van der Waals surface area (Å²) < 4.78 is 11.5. The Labute approximate surface area is 186 Å². The lowest BCUT2D eigenvalue weighted by Crippen LogP contribution is -2.21. The number of pyridine rings is 1. The third kappa shape index (κ3) is 4.49. The van der Waals surface area contributed by atoms with E-state index in [-0.39, 0.29) is 11.3 Å². The highest BCUT2D eigenvalue weighted by Crippen LogP contribution is 2.27. The number of esters is 1. The van der Waals surface area contributed by atoms with Crippen LogP contribution in [-0.2, 0) is 9.53 Å². The number of carbonyl (C=O) groups excluding carboxylic acids is 2. The van der Waals surface area contributed by atoms with Gasteiger partial charge in [0, 0.05) is 15.7 Å². The first-order valence-corrected chi connectivity index (χ1v) is 10.3. The van der Waals surface area contributed by atoms with Crippen LogP contribution in [0, 0.1) is 13.8 Å². The van der Waals surface area contributed by atoms with Crippen LogP contribution in [0.2, 0.25) is 0 Å². The number of rotatable bonds is 5. The van der Waals surface area contributed by atoms with Crippen LogP contribution in [-0.4, -0.2) is 28.6 Å².